The second-order valence-electron chi connectivity index (χ2n) is 3.83. The maximum absolute atomic E-state index is 11.6. The molecule has 94 valence electrons. The predicted octanol–water partition coefficient (Wildman–Crippen LogP) is -0.328. The quantitative estimate of drug-likeness (QED) is 0.198. The van der Waals surface area contributed by atoms with E-state index in [0.717, 1.165) is 12.8 Å². The topological polar surface area (TPSA) is 82.7 Å². The van der Waals surface area contributed by atoms with Gasteiger partial charge in [-0.05, 0) is 13.3 Å². The first kappa shape index (κ1) is 14.7. The first-order chi connectivity index (χ1) is 7.52. The molecule has 16 heavy (non-hydrogen) atoms. The molecule has 1 amide bonds. The van der Waals surface area contributed by atoms with Gasteiger partial charge >= 0.3 is 0 Å². The summed E-state index contributed by atoms with van der Waals surface area (Å²) < 4.78 is 0. The third-order valence-corrected chi connectivity index (χ3v) is 2.08. The highest BCUT2D eigenvalue weighted by atomic mass is 16.2. The standard InChI is InChI=1S/C10H23N5O/c1-5-6-7-12-10(14-11)13-8(2)9(16)15(3)4/h8H,5-7,11H2,1-4H3,(H2,12,13,14). The lowest BCUT2D eigenvalue weighted by atomic mass is 10.3. The fourth-order valence-corrected chi connectivity index (χ4v) is 1.14. The van der Waals surface area contributed by atoms with Crippen molar-refractivity contribution in [1.29, 1.82) is 0 Å². The van der Waals surface area contributed by atoms with Gasteiger partial charge in [0.15, 0.2) is 0 Å². The largest absolute Gasteiger partial charge is 0.347 e. The first-order valence-corrected chi connectivity index (χ1v) is 5.51. The van der Waals surface area contributed by atoms with Crippen LogP contribution < -0.4 is 16.6 Å². The molecule has 1 atom stereocenters. The van der Waals surface area contributed by atoms with Crippen LogP contribution >= 0.6 is 0 Å². The van der Waals surface area contributed by atoms with Gasteiger partial charge in [-0.3, -0.25) is 15.2 Å². The van der Waals surface area contributed by atoms with Crippen LogP contribution in [0.1, 0.15) is 26.7 Å². The van der Waals surface area contributed by atoms with Gasteiger partial charge in [0.2, 0.25) is 11.9 Å². The minimum absolute atomic E-state index is 0.0153. The first-order valence-electron chi connectivity index (χ1n) is 5.51. The summed E-state index contributed by atoms with van der Waals surface area (Å²) in [6.07, 6.45) is 2.08. The molecule has 0 spiro atoms. The van der Waals surface area contributed by atoms with E-state index in [9.17, 15) is 4.79 Å². The van der Waals surface area contributed by atoms with Gasteiger partial charge in [-0.2, -0.15) is 0 Å². The van der Waals surface area contributed by atoms with E-state index in [4.69, 9.17) is 5.84 Å². The van der Waals surface area contributed by atoms with E-state index in [0.29, 0.717) is 12.5 Å². The molecule has 0 heterocycles. The van der Waals surface area contributed by atoms with Gasteiger partial charge in [-0.25, -0.2) is 5.84 Å². The van der Waals surface area contributed by atoms with Crippen molar-refractivity contribution in [3.63, 3.8) is 0 Å². The normalized spacial score (nSPS) is 13.2. The van der Waals surface area contributed by atoms with Crippen molar-refractivity contribution in [1.82, 2.24) is 15.6 Å². The molecule has 0 aromatic heterocycles. The number of carbonyl (C=O) groups excluding carboxylic acids is 1. The Bertz CT molecular complexity index is 239. The lowest BCUT2D eigenvalue weighted by Gasteiger charge is -2.19. The number of nitrogens with zero attached hydrogens (tertiary/aromatic N) is 2. The zero-order valence-electron chi connectivity index (χ0n) is 10.6. The molecule has 0 aromatic carbocycles. The van der Waals surface area contributed by atoms with E-state index < -0.39 is 0 Å². The molecule has 0 aliphatic carbocycles. The number of hydrogen-bond donors (Lipinski definition) is 3. The monoisotopic (exact) mass is 229 g/mol. The van der Waals surface area contributed by atoms with Gasteiger partial charge in [0.25, 0.3) is 0 Å². The molecule has 0 radical (unpaired) electrons. The Kier molecular flexibility index (Phi) is 7.28. The summed E-state index contributed by atoms with van der Waals surface area (Å²) in [5, 5.41) is 2.93. The van der Waals surface area contributed by atoms with E-state index in [1.807, 2.05) is 0 Å². The lowest BCUT2D eigenvalue weighted by molar-refractivity contribution is -0.130. The van der Waals surface area contributed by atoms with Crippen molar-refractivity contribution in [2.24, 2.45) is 10.8 Å². The van der Waals surface area contributed by atoms with Gasteiger partial charge in [0, 0.05) is 20.6 Å². The second-order valence-corrected chi connectivity index (χ2v) is 3.83. The minimum atomic E-state index is -0.341. The van der Waals surface area contributed by atoms with E-state index >= 15 is 0 Å². The number of unbranched alkanes of at least 4 members (excludes halogenated alkanes) is 1. The summed E-state index contributed by atoms with van der Waals surface area (Å²) in [7, 11) is 3.43. The summed E-state index contributed by atoms with van der Waals surface area (Å²) in [6.45, 7) is 4.57. The number of guanidine groups is 1. The number of hydrogen-bond acceptors (Lipinski definition) is 3. The number of hydrazine groups is 1. The number of carbonyl (C=O) groups is 1. The van der Waals surface area contributed by atoms with Crippen LogP contribution in [-0.4, -0.2) is 43.4 Å². The third-order valence-electron chi connectivity index (χ3n) is 2.08. The lowest BCUT2D eigenvalue weighted by Crippen LogP contribution is -2.50. The van der Waals surface area contributed by atoms with Crippen LogP contribution in [0.25, 0.3) is 0 Å². The van der Waals surface area contributed by atoms with E-state index in [1.54, 1.807) is 21.0 Å². The molecule has 0 aliphatic heterocycles. The predicted molar refractivity (Wildman–Crippen MR) is 65.8 cm³/mol. The number of nitrogens with one attached hydrogen (secondary N) is 2. The van der Waals surface area contributed by atoms with Crippen LogP contribution in [0.15, 0.2) is 4.99 Å². The fraction of sp³-hybridized carbons (Fsp3) is 0.800. The molecule has 0 bridgehead atoms. The van der Waals surface area contributed by atoms with Crippen LogP contribution in [0.2, 0.25) is 0 Å². The Balaban J connectivity index is 4.20. The second kappa shape index (κ2) is 7.92. The molecular formula is C10H23N5O. The number of nitrogens with two attached hydrogens (primary N) is 1. The molecule has 0 fully saturated rings. The number of aliphatic imine (C=N–C) groups is 1. The maximum Gasteiger partial charge on any atom is 0.244 e. The van der Waals surface area contributed by atoms with Crippen LogP contribution in [0.5, 0.6) is 0 Å². The van der Waals surface area contributed by atoms with Gasteiger partial charge in [0.1, 0.15) is 6.04 Å². The smallest absolute Gasteiger partial charge is 0.244 e. The summed E-state index contributed by atoms with van der Waals surface area (Å²) in [4.78, 5) is 17.3. The Morgan fingerprint density at radius 2 is 2.12 bits per heavy atom. The number of amides is 1. The van der Waals surface area contributed by atoms with Crippen molar-refractivity contribution >= 4 is 11.9 Å². The van der Waals surface area contributed by atoms with E-state index in [-0.39, 0.29) is 11.9 Å². The van der Waals surface area contributed by atoms with Crippen molar-refractivity contribution in [3.05, 3.63) is 0 Å². The van der Waals surface area contributed by atoms with Crippen molar-refractivity contribution in [2.45, 2.75) is 32.7 Å². The Hall–Kier alpha value is -1.30. The van der Waals surface area contributed by atoms with Crippen LogP contribution in [0, 0.1) is 0 Å². The number of rotatable bonds is 5. The Morgan fingerprint density at radius 1 is 1.50 bits per heavy atom. The number of likely N-dealkylation sites (N-methyl/N-ethyl adjacent to an activating group) is 1. The summed E-state index contributed by atoms with van der Waals surface area (Å²) in [6, 6.07) is -0.341. The van der Waals surface area contributed by atoms with Gasteiger partial charge in [-0.15, -0.1) is 0 Å². The highest BCUT2D eigenvalue weighted by molar-refractivity contribution is 5.88. The average molecular weight is 229 g/mol. The maximum atomic E-state index is 11.6. The molecule has 0 rings (SSSR count). The molecular weight excluding hydrogens is 206 g/mol. The molecule has 1 unspecified atom stereocenters. The summed E-state index contributed by atoms with van der Waals surface area (Å²) in [5.74, 6) is 5.75. The zero-order valence-corrected chi connectivity index (χ0v) is 10.6. The summed E-state index contributed by atoms with van der Waals surface area (Å²) in [5.41, 5.74) is 2.45. The average Bonchev–Trinajstić information content (AvgIpc) is 2.26. The van der Waals surface area contributed by atoms with Crippen LogP contribution in [0.3, 0.4) is 0 Å². The molecule has 4 N–H and O–H groups in total. The van der Waals surface area contributed by atoms with Crippen LogP contribution in [0.4, 0.5) is 0 Å². The van der Waals surface area contributed by atoms with Crippen LogP contribution in [-0.2, 0) is 4.79 Å². The van der Waals surface area contributed by atoms with Crippen molar-refractivity contribution in [2.75, 3.05) is 20.6 Å². The van der Waals surface area contributed by atoms with Gasteiger partial charge < -0.3 is 10.2 Å². The van der Waals surface area contributed by atoms with Crippen molar-refractivity contribution in [3.8, 4) is 0 Å². The SMILES string of the molecule is CCCCN=C(NN)NC(C)C(=O)N(C)C. The van der Waals surface area contributed by atoms with E-state index in [1.165, 1.54) is 4.90 Å². The molecule has 6 heteroatoms. The molecule has 0 saturated heterocycles. The molecule has 0 aliphatic rings. The fourth-order valence-electron chi connectivity index (χ4n) is 1.14. The highest BCUT2D eigenvalue weighted by Crippen LogP contribution is 1.90. The zero-order chi connectivity index (χ0) is 12.6. The molecule has 0 saturated carbocycles. The third kappa shape index (κ3) is 5.55. The van der Waals surface area contributed by atoms with E-state index in [2.05, 4.69) is 22.7 Å². The highest BCUT2D eigenvalue weighted by Gasteiger charge is 2.15. The molecule has 6 nitrogen and oxygen atoms in total. The van der Waals surface area contributed by atoms with Gasteiger partial charge in [-0.1, -0.05) is 13.3 Å². The molecule has 0 aromatic rings. The summed E-state index contributed by atoms with van der Waals surface area (Å²) >= 11 is 0. The van der Waals surface area contributed by atoms with Gasteiger partial charge in [0.05, 0.1) is 0 Å². The Labute approximate surface area is 97.3 Å². The van der Waals surface area contributed by atoms with Crippen molar-refractivity contribution < 1.29 is 4.79 Å². The minimum Gasteiger partial charge on any atom is -0.347 e. The Morgan fingerprint density at radius 3 is 2.56 bits per heavy atom.